The Hall–Kier alpha value is -1.11. The minimum absolute atomic E-state index is 0. The van der Waals surface area contributed by atoms with Gasteiger partial charge in [0.15, 0.2) is 0 Å². The third-order valence-corrected chi connectivity index (χ3v) is 4.94. The molecule has 0 heterocycles. The zero-order valence-corrected chi connectivity index (χ0v) is 15.6. The van der Waals surface area contributed by atoms with Gasteiger partial charge in [0.2, 0.25) is 11.8 Å². The van der Waals surface area contributed by atoms with Gasteiger partial charge in [-0.2, -0.15) is 0 Å². The number of aryl methyl sites for hydroxylation is 1. The van der Waals surface area contributed by atoms with E-state index in [0.717, 1.165) is 29.3 Å². The molecule has 0 saturated heterocycles. The highest BCUT2D eigenvalue weighted by atomic mass is 79.9. The number of halogens is 2. The van der Waals surface area contributed by atoms with Crippen molar-refractivity contribution in [1.29, 1.82) is 0 Å². The Bertz CT molecular complexity index is 574. The molecule has 1 aromatic rings. The Kier molecular flexibility index (Phi) is 7.51. The van der Waals surface area contributed by atoms with E-state index in [1.807, 2.05) is 25.1 Å². The first-order valence-electron chi connectivity index (χ1n) is 7.54. The van der Waals surface area contributed by atoms with Crippen LogP contribution in [-0.2, 0) is 9.59 Å². The zero-order valence-electron chi connectivity index (χ0n) is 13.2. The number of amides is 2. The van der Waals surface area contributed by atoms with Crippen LogP contribution in [-0.4, -0.2) is 23.9 Å². The Morgan fingerprint density at radius 2 is 1.91 bits per heavy atom. The van der Waals surface area contributed by atoms with Gasteiger partial charge in [0.25, 0.3) is 0 Å². The fraction of sp³-hybridized carbons (Fsp3) is 0.500. The van der Waals surface area contributed by atoms with E-state index < -0.39 is 5.54 Å². The Balaban J connectivity index is 0.00000264. The highest BCUT2D eigenvalue weighted by Crippen LogP contribution is 2.25. The number of benzene rings is 1. The zero-order chi connectivity index (χ0) is 16.2. The van der Waals surface area contributed by atoms with Crippen molar-refractivity contribution in [2.45, 2.75) is 44.6 Å². The fourth-order valence-corrected chi connectivity index (χ4v) is 2.92. The van der Waals surface area contributed by atoms with Gasteiger partial charge in [-0.05, 0) is 43.5 Å². The summed E-state index contributed by atoms with van der Waals surface area (Å²) >= 11 is 3.41. The molecule has 0 bridgehead atoms. The Labute approximate surface area is 151 Å². The van der Waals surface area contributed by atoms with Crippen LogP contribution in [0.1, 0.15) is 37.7 Å². The maximum Gasteiger partial charge on any atom is 0.243 e. The number of nitrogens with two attached hydrogens (primary N) is 1. The van der Waals surface area contributed by atoms with E-state index in [2.05, 4.69) is 26.6 Å². The molecular formula is C16H23BrClN3O2. The van der Waals surface area contributed by atoms with Gasteiger partial charge >= 0.3 is 0 Å². The van der Waals surface area contributed by atoms with Gasteiger partial charge in [0.1, 0.15) is 0 Å². The average Bonchev–Trinajstić information content (AvgIpc) is 2.49. The molecule has 128 valence electrons. The molecule has 23 heavy (non-hydrogen) atoms. The summed E-state index contributed by atoms with van der Waals surface area (Å²) in [6, 6.07) is 5.55. The molecule has 5 nitrogen and oxygen atoms in total. The molecule has 2 rings (SSSR count). The molecule has 0 aliphatic heterocycles. The molecule has 1 fully saturated rings. The first-order valence-corrected chi connectivity index (χ1v) is 8.33. The largest absolute Gasteiger partial charge is 0.345 e. The van der Waals surface area contributed by atoms with Crippen LogP contribution in [0, 0.1) is 6.92 Å². The topological polar surface area (TPSA) is 84.2 Å². The summed E-state index contributed by atoms with van der Waals surface area (Å²) in [5.41, 5.74) is 7.06. The molecular weight excluding hydrogens is 382 g/mol. The number of anilines is 1. The number of hydrogen-bond donors (Lipinski definition) is 3. The smallest absolute Gasteiger partial charge is 0.243 e. The van der Waals surface area contributed by atoms with Gasteiger partial charge in [-0.15, -0.1) is 12.4 Å². The van der Waals surface area contributed by atoms with Crippen molar-refractivity contribution in [3.63, 3.8) is 0 Å². The van der Waals surface area contributed by atoms with E-state index in [1.54, 1.807) is 0 Å². The number of rotatable bonds is 4. The average molecular weight is 405 g/mol. The van der Waals surface area contributed by atoms with E-state index >= 15 is 0 Å². The molecule has 1 aliphatic rings. The van der Waals surface area contributed by atoms with Crippen molar-refractivity contribution in [2.75, 3.05) is 11.9 Å². The summed E-state index contributed by atoms with van der Waals surface area (Å²) in [5.74, 6) is -0.483. The molecule has 1 aliphatic carbocycles. The van der Waals surface area contributed by atoms with Crippen LogP contribution in [0.5, 0.6) is 0 Å². The van der Waals surface area contributed by atoms with E-state index in [9.17, 15) is 9.59 Å². The predicted molar refractivity (Wildman–Crippen MR) is 97.8 cm³/mol. The van der Waals surface area contributed by atoms with Gasteiger partial charge in [0.05, 0.1) is 12.1 Å². The second-order valence-electron chi connectivity index (χ2n) is 5.91. The molecule has 0 atom stereocenters. The van der Waals surface area contributed by atoms with Crippen molar-refractivity contribution >= 4 is 45.8 Å². The summed E-state index contributed by atoms with van der Waals surface area (Å²) in [4.78, 5) is 24.1. The summed E-state index contributed by atoms with van der Waals surface area (Å²) in [6.45, 7) is 1.88. The predicted octanol–water partition coefficient (Wildman–Crippen LogP) is 2.90. The molecule has 2 amide bonds. The van der Waals surface area contributed by atoms with Gasteiger partial charge < -0.3 is 16.4 Å². The van der Waals surface area contributed by atoms with E-state index in [-0.39, 0.29) is 30.8 Å². The Morgan fingerprint density at radius 1 is 1.26 bits per heavy atom. The standard InChI is InChI=1S/C16H22BrN3O2.ClH/c1-11-9-12(5-6-13(11)17)20-14(21)10-19-15(22)16(18)7-3-2-4-8-16;/h5-6,9H,2-4,7-8,10,18H2,1H3,(H,19,22)(H,20,21);1H. The second kappa shape index (κ2) is 8.66. The fourth-order valence-electron chi connectivity index (χ4n) is 2.67. The molecule has 1 aromatic carbocycles. The first-order chi connectivity index (χ1) is 10.4. The molecule has 1 saturated carbocycles. The van der Waals surface area contributed by atoms with Gasteiger partial charge in [0, 0.05) is 10.2 Å². The lowest BCUT2D eigenvalue weighted by molar-refractivity contribution is -0.129. The maximum atomic E-state index is 12.2. The lowest BCUT2D eigenvalue weighted by Crippen LogP contribution is -2.56. The van der Waals surface area contributed by atoms with Crippen LogP contribution in [0.15, 0.2) is 22.7 Å². The molecule has 0 unspecified atom stereocenters. The van der Waals surface area contributed by atoms with Crippen molar-refractivity contribution in [3.05, 3.63) is 28.2 Å². The lowest BCUT2D eigenvalue weighted by Gasteiger charge is -2.31. The number of carbonyl (C=O) groups excluding carboxylic acids is 2. The lowest BCUT2D eigenvalue weighted by atomic mass is 9.82. The summed E-state index contributed by atoms with van der Waals surface area (Å²) < 4.78 is 0.987. The second-order valence-corrected chi connectivity index (χ2v) is 6.77. The van der Waals surface area contributed by atoms with E-state index in [4.69, 9.17) is 5.73 Å². The maximum absolute atomic E-state index is 12.2. The number of carbonyl (C=O) groups is 2. The molecule has 0 aromatic heterocycles. The van der Waals surface area contributed by atoms with Gasteiger partial charge in [-0.25, -0.2) is 0 Å². The highest BCUT2D eigenvalue weighted by molar-refractivity contribution is 9.10. The summed E-state index contributed by atoms with van der Waals surface area (Å²) in [7, 11) is 0. The molecule has 0 spiro atoms. The molecule has 4 N–H and O–H groups in total. The third kappa shape index (κ3) is 5.48. The minimum Gasteiger partial charge on any atom is -0.345 e. The number of nitrogens with one attached hydrogen (secondary N) is 2. The van der Waals surface area contributed by atoms with Crippen LogP contribution in [0.3, 0.4) is 0 Å². The number of hydrogen-bond acceptors (Lipinski definition) is 3. The summed E-state index contributed by atoms with van der Waals surface area (Å²) in [6.07, 6.45) is 4.43. The van der Waals surface area contributed by atoms with Crippen LogP contribution in [0.25, 0.3) is 0 Å². The van der Waals surface area contributed by atoms with E-state index in [0.29, 0.717) is 18.5 Å². The van der Waals surface area contributed by atoms with Crippen LogP contribution in [0.2, 0.25) is 0 Å². The summed E-state index contributed by atoms with van der Waals surface area (Å²) in [5, 5.41) is 5.42. The highest BCUT2D eigenvalue weighted by Gasteiger charge is 2.35. The molecule has 7 heteroatoms. The van der Waals surface area contributed by atoms with Crippen molar-refractivity contribution < 1.29 is 9.59 Å². The third-order valence-electron chi connectivity index (χ3n) is 4.05. The molecule has 0 radical (unpaired) electrons. The van der Waals surface area contributed by atoms with Crippen molar-refractivity contribution in [2.24, 2.45) is 5.73 Å². The van der Waals surface area contributed by atoms with Gasteiger partial charge in [-0.1, -0.05) is 35.2 Å². The van der Waals surface area contributed by atoms with E-state index in [1.165, 1.54) is 0 Å². The van der Waals surface area contributed by atoms with Crippen molar-refractivity contribution in [1.82, 2.24) is 5.32 Å². The Morgan fingerprint density at radius 3 is 2.52 bits per heavy atom. The normalized spacial score (nSPS) is 16.1. The minimum atomic E-state index is -0.813. The SMILES string of the molecule is Cc1cc(NC(=O)CNC(=O)C2(N)CCCCC2)ccc1Br.Cl. The quantitative estimate of drug-likeness (QED) is 0.721. The monoisotopic (exact) mass is 403 g/mol. The van der Waals surface area contributed by atoms with Crippen LogP contribution < -0.4 is 16.4 Å². The van der Waals surface area contributed by atoms with Crippen LogP contribution in [0.4, 0.5) is 5.69 Å². The first kappa shape index (κ1) is 19.9. The van der Waals surface area contributed by atoms with Gasteiger partial charge in [-0.3, -0.25) is 9.59 Å². The van der Waals surface area contributed by atoms with Crippen LogP contribution >= 0.6 is 28.3 Å². The van der Waals surface area contributed by atoms with Crippen molar-refractivity contribution in [3.8, 4) is 0 Å².